The molecule has 0 saturated heterocycles. The van der Waals surface area contributed by atoms with Gasteiger partial charge in [0.1, 0.15) is 0 Å². The standard InChI is InChI=1S/C5H13N3OS/c1-4(9-2)3-7-5(10)8-6/h4H,3,6H2,1-2H3,(H2,7,8,10). The maximum Gasteiger partial charge on any atom is 0.180 e. The quantitative estimate of drug-likeness (QED) is 0.293. The fourth-order valence-corrected chi connectivity index (χ4v) is 0.454. The highest BCUT2D eigenvalue weighted by Gasteiger charge is 1.98. The predicted octanol–water partition coefficient (Wildman–Crippen LogP) is -0.641. The highest BCUT2D eigenvalue weighted by Crippen LogP contribution is 1.82. The van der Waals surface area contributed by atoms with Crippen LogP contribution in [0.2, 0.25) is 0 Å². The van der Waals surface area contributed by atoms with Gasteiger partial charge < -0.3 is 15.5 Å². The molecule has 0 aliphatic rings. The molecule has 0 amide bonds. The van der Waals surface area contributed by atoms with Crippen molar-refractivity contribution in [2.24, 2.45) is 5.84 Å². The summed E-state index contributed by atoms with van der Waals surface area (Å²) >= 11 is 4.72. The number of methoxy groups -OCH3 is 1. The van der Waals surface area contributed by atoms with Crippen LogP contribution in [0.25, 0.3) is 0 Å². The molecule has 1 atom stereocenters. The fraction of sp³-hybridized carbons (Fsp3) is 0.800. The second-order valence-electron chi connectivity index (χ2n) is 1.90. The number of nitrogens with one attached hydrogen (secondary N) is 2. The van der Waals surface area contributed by atoms with E-state index in [-0.39, 0.29) is 6.10 Å². The van der Waals surface area contributed by atoms with Gasteiger partial charge in [-0.25, -0.2) is 5.84 Å². The summed E-state index contributed by atoms with van der Waals surface area (Å²) in [7, 11) is 1.64. The lowest BCUT2D eigenvalue weighted by molar-refractivity contribution is 0.121. The van der Waals surface area contributed by atoms with Gasteiger partial charge in [-0.2, -0.15) is 0 Å². The van der Waals surface area contributed by atoms with E-state index in [0.717, 1.165) is 0 Å². The largest absolute Gasteiger partial charge is 0.380 e. The van der Waals surface area contributed by atoms with Gasteiger partial charge >= 0.3 is 0 Å². The van der Waals surface area contributed by atoms with Crippen LogP contribution in [0.3, 0.4) is 0 Å². The number of ether oxygens (including phenoxy) is 1. The van der Waals surface area contributed by atoms with E-state index in [1.54, 1.807) is 7.11 Å². The van der Waals surface area contributed by atoms with Gasteiger partial charge in [0.2, 0.25) is 0 Å². The lowest BCUT2D eigenvalue weighted by Gasteiger charge is -2.11. The fourth-order valence-electron chi connectivity index (χ4n) is 0.371. The zero-order valence-corrected chi connectivity index (χ0v) is 6.99. The van der Waals surface area contributed by atoms with E-state index in [1.165, 1.54) is 0 Å². The average molecular weight is 163 g/mol. The minimum Gasteiger partial charge on any atom is -0.380 e. The van der Waals surface area contributed by atoms with E-state index in [1.807, 2.05) is 6.92 Å². The molecule has 0 aromatic rings. The third-order valence-corrected chi connectivity index (χ3v) is 1.35. The SMILES string of the molecule is COC(C)CNC(=S)NN. The van der Waals surface area contributed by atoms with Gasteiger partial charge in [0, 0.05) is 13.7 Å². The minimum atomic E-state index is 0.145. The van der Waals surface area contributed by atoms with Crippen molar-refractivity contribution >= 4 is 17.3 Å². The van der Waals surface area contributed by atoms with E-state index in [2.05, 4.69) is 10.7 Å². The van der Waals surface area contributed by atoms with Crippen molar-refractivity contribution in [3.05, 3.63) is 0 Å². The van der Waals surface area contributed by atoms with Crippen molar-refractivity contribution in [3.63, 3.8) is 0 Å². The Hall–Kier alpha value is -0.390. The Morgan fingerprint density at radius 1 is 1.80 bits per heavy atom. The number of rotatable bonds is 3. The Bertz CT molecular complexity index is 109. The Morgan fingerprint density at radius 2 is 2.40 bits per heavy atom. The first-order valence-electron chi connectivity index (χ1n) is 2.98. The summed E-state index contributed by atoms with van der Waals surface area (Å²) in [6.07, 6.45) is 0.145. The molecule has 0 aliphatic carbocycles. The average Bonchev–Trinajstić information content (AvgIpc) is 1.99. The van der Waals surface area contributed by atoms with Gasteiger partial charge in [0.15, 0.2) is 5.11 Å². The van der Waals surface area contributed by atoms with Crippen LogP contribution < -0.4 is 16.6 Å². The third-order valence-electron chi connectivity index (χ3n) is 1.08. The Balaban J connectivity index is 3.26. The molecule has 0 bridgehead atoms. The van der Waals surface area contributed by atoms with Crippen LogP contribution in [-0.4, -0.2) is 24.9 Å². The minimum absolute atomic E-state index is 0.145. The number of hydrogen-bond donors (Lipinski definition) is 3. The molecule has 1 unspecified atom stereocenters. The molecule has 60 valence electrons. The predicted molar refractivity (Wildman–Crippen MR) is 44.4 cm³/mol. The first-order valence-corrected chi connectivity index (χ1v) is 3.38. The van der Waals surface area contributed by atoms with Crippen LogP contribution >= 0.6 is 12.2 Å². The number of hydrazine groups is 1. The molecule has 0 radical (unpaired) electrons. The lowest BCUT2D eigenvalue weighted by atomic mass is 10.4. The summed E-state index contributed by atoms with van der Waals surface area (Å²) in [5.41, 5.74) is 2.31. The Labute approximate surface area is 66.1 Å². The molecule has 0 rings (SSSR count). The van der Waals surface area contributed by atoms with Crippen molar-refractivity contribution in [3.8, 4) is 0 Å². The zero-order valence-electron chi connectivity index (χ0n) is 6.18. The van der Waals surface area contributed by atoms with Crippen LogP contribution in [0.1, 0.15) is 6.92 Å². The Kier molecular flexibility index (Phi) is 5.19. The van der Waals surface area contributed by atoms with Crippen molar-refractivity contribution in [2.45, 2.75) is 13.0 Å². The number of nitrogens with two attached hydrogens (primary N) is 1. The molecule has 0 spiro atoms. The molecular weight excluding hydrogens is 150 g/mol. The topological polar surface area (TPSA) is 59.3 Å². The van der Waals surface area contributed by atoms with Gasteiger partial charge in [-0.3, -0.25) is 0 Å². The molecule has 4 nitrogen and oxygen atoms in total. The van der Waals surface area contributed by atoms with E-state index < -0.39 is 0 Å². The molecule has 0 aromatic heterocycles. The van der Waals surface area contributed by atoms with Gasteiger partial charge in [0.05, 0.1) is 6.10 Å². The summed E-state index contributed by atoms with van der Waals surface area (Å²) in [5, 5.41) is 3.29. The number of hydrogen-bond acceptors (Lipinski definition) is 3. The van der Waals surface area contributed by atoms with Crippen molar-refractivity contribution in [2.75, 3.05) is 13.7 Å². The summed E-state index contributed by atoms with van der Waals surface area (Å²) in [6, 6.07) is 0. The first kappa shape index (κ1) is 9.61. The number of thiocarbonyl (C=S) groups is 1. The van der Waals surface area contributed by atoms with Crippen molar-refractivity contribution in [1.82, 2.24) is 10.7 Å². The maximum absolute atomic E-state index is 5.01. The molecule has 0 aliphatic heterocycles. The molecule has 0 heterocycles. The second kappa shape index (κ2) is 5.40. The molecule has 0 saturated carbocycles. The zero-order chi connectivity index (χ0) is 7.98. The molecule has 4 N–H and O–H groups in total. The van der Waals surface area contributed by atoms with Crippen LogP contribution in [0.4, 0.5) is 0 Å². The van der Waals surface area contributed by atoms with Gasteiger partial charge in [-0.05, 0) is 19.1 Å². The monoisotopic (exact) mass is 163 g/mol. The van der Waals surface area contributed by atoms with E-state index in [9.17, 15) is 0 Å². The maximum atomic E-state index is 5.01. The summed E-state index contributed by atoms with van der Waals surface area (Å²) in [4.78, 5) is 0. The molecular formula is C5H13N3OS. The van der Waals surface area contributed by atoms with E-state index in [0.29, 0.717) is 11.7 Å². The first-order chi connectivity index (χ1) is 4.70. The summed E-state index contributed by atoms with van der Waals surface area (Å²) in [5.74, 6) is 5.01. The molecule has 0 fully saturated rings. The highest BCUT2D eigenvalue weighted by atomic mass is 32.1. The second-order valence-corrected chi connectivity index (χ2v) is 2.31. The van der Waals surface area contributed by atoms with Crippen molar-refractivity contribution in [1.29, 1.82) is 0 Å². The van der Waals surface area contributed by atoms with Crippen LogP contribution in [0.5, 0.6) is 0 Å². The molecule has 10 heavy (non-hydrogen) atoms. The van der Waals surface area contributed by atoms with Crippen LogP contribution in [0.15, 0.2) is 0 Å². The third kappa shape index (κ3) is 4.49. The van der Waals surface area contributed by atoms with Crippen molar-refractivity contribution < 1.29 is 4.74 Å². The summed E-state index contributed by atoms with van der Waals surface area (Å²) in [6.45, 7) is 2.60. The lowest BCUT2D eigenvalue weighted by Crippen LogP contribution is -2.42. The van der Waals surface area contributed by atoms with E-state index in [4.69, 9.17) is 22.8 Å². The van der Waals surface area contributed by atoms with Crippen LogP contribution in [0, 0.1) is 0 Å². The van der Waals surface area contributed by atoms with Gasteiger partial charge in [-0.15, -0.1) is 0 Å². The molecule has 5 heteroatoms. The normalized spacial score (nSPS) is 12.3. The van der Waals surface area contributed by atoms with Crippen LogP contribution in [-0.2, 0) is 4.74 Å². The molecule has 0 aromatic carbocycles. The Morgan fingerprint density at radius 3 is 2.80 bits per heavy atom. The smallest absolute Gasteiger partial charge is 0.180 e. The van der Waals surface area contributed by atoms with Gasteiger partial charge in [-0.1, -0.05) is 0 Å². The van der Waals surface area contributed by atoms with Gasteiger partial charge in [0.25, 0.3) is 0 Å². The van der Waals surface area contributed by atoms with E-state index >= 15 is 0 Å². The summed E-state index contributed by atoms with van der Waals surface area (Å²) < 4.78 is 4.95. The highest BCUT2D eigenvalue weighted by molar-refractivity contribution is 7.80.